The number of nitrogens with one attached hydrogen (secondary N) is 2. The van der Waals surface area contributed by atoms with Gasteiger partial charge in [0.15, 0.2) is 0 Å². The van der Waals surface area contributed by atoms with Gasteiger partial charge in [0.1, 0.15) is 0 Å². The van der Waals surface area contributed by atoms with E-state index < -0.39 is 0 Å². The van der Waals surface area contributed by atoms with Gasteiger partial charge in [-0.15, -0.1) is 0 Å². The molecule has 1 aromatic rings. The fraction of sp³-hybridized carbons (Fsp3) is 0.571. The highest BCUT2D eigenvalue weighted by molar-refractivity contribution is 5.98. The van der Waals surface area contributed by atoms with Crippen LogP contribution in [-0.4, -0.2) is 65.8 Å². The van der Waals surface area contributed by atoms with Gasteiger partial charge in [-0.1, -0.05) is 6.07 Å². The molecule has 3 amide bonds. The summed E-state index contributed by atoms with van der Waals surface area (Å²) in [5.41, 5.74) is 1.26. The Labute approximate surface area is 165 Å². The second-order valence-corrected chi connectivity index (χ2v) is 8.13. The summed E-state index contributed by atoms with van der Waals surface area (Å²) in [5.74, 6) is 0.224. The van der Waals surface area contributed by atoms with E-state index in [2.05, 4.69) is 15.5 Å². The van der Waals surface area contributed by atoms with Gasteiger partial charge in [0.05, 0.1) is 6.04 Å². The minimum Gasteiger partial charge on any atom is -0.352 e. The number of anilines is 1. The largest absolute Gasteiger partial charge is 0.352 e. The molecule has 3 aliphatic rings. The Morgan fingerprint density at radius 2 is 1.75 bits per heavy atom. The first-order valence-corrected chi connectivity index (χ1v) is 10.3. The number of carbonyl (C=O) groups excluding carboxylic acids is 3. The van der Waals surface area contributed by atoms with Crippen LogP contribution in [0.3, 0.4) is 0 Å². The van der Waals surface area contributed by atoms with Crippen LogP contribution >= 0.6 is 0 Å². The normalized spacial score (nSPS) is 21.1. The number of nitrogens with zero attached hydrogens (tertiary/aromatic N) is 2. The van der Waals surface area contributed by atoms with E-state index in [1.54, 1.807) is 18.2 Å². The first kappa shape index (κ1) is 18.9. The molecule has 28 heavy (non-hydrogen) atoms. The number of piperazine rings is 1. The van der Waals surface area contributed by atoms with Gasteiger partial charge in [-0.2, -0.15) is 0 Å². The van der Waals surface area contributed by atoms with Gasteiger partial charge in [0.25, 0.3) is 5.91 Å². The zero-order valence-corrected chi connectivity index (χ0v) is 16.3. The summed E-state index contributed by atoms with van der Waals surface area (Å²) in [6, 6.07) is 7.35. The number of hydrogen-bond donors (Lipinski definition) is 2. The third kappa shape index (κ3) is 4.52. The van der Waals surface area contributed by atoms with Crippen LogP contribution in [-0.2, 0) is 9.59 Å². The van der Waals surface area contributed by atoms with Crippen molar-refractivity contribution in [2.75, 3.05) is 31.5 Å². The van der Waals surface area contributed by atoms with Gasteiger partial charge in [-0.05, 0) is 50.8 Å². The second-order valence-electron chi connectivity index (χ2n) is 8.13. The Morgan fingerprint density at radius 1 is 1.04 bits per heavy atom. The lowest BCUT2D eigenvalue weighted by atomic mass is 10.1. The van der Waals surface area contributed by atoms with Crippen molar-refractivity contribution in [1.82, 2.24) is 15.1 Å². The molecular formula is C21H28N4O3. The van der Waals surface area contributed by atoms with Crippen LogP contribution < -0.4 is 10.6 Å². The molecule has 0 spiro atoms. The van der Waals surface area contributed by atoms with Crippen LogP contribution in [0.1, 0.15) is 43.0 Å². The molecule has 2 aliphatic carbocycles. The molecule has 2 N–H and O–H groups in total. The van der Waals surface area contributed by atoms with E-state index >= 15 is 0 Å². The van der Waals surface area contributed by atoms with Gasteiger partial charge < -0.3 is 15.5 Å². The predicted molar refractivity (Wildman–Crippen MR) is 106 cm³/mol. The van der Waals surface area contributed by atoms with Crippen LogP contribution in [0, 0.1) is 5.92 Å². The fourth-order valence-electron chi connectivity index (χ4n) is 3.53. The summed E-state index contributed by atoms with van der Waals surface area (Å²) in [7, 11) is 0. The van der Waals surface area contributed by atoms with Crippen molar-refractivity contribution in [2.24, 2.45) is 5.92 Å². The molecular weight excluding hydrogens is 356 g/mol. The third-order valence-electron chi connectivity index (χ3n) is 5.78. The molecule has 1 atom stereocenters. The molecule has 1 unspecified atom stereocenters. The SMILES string of the molecule is CC(C(=O)NC1CC1)N1CCN(C(=O)c2cccc(NC(=O)C3CC3)c2)CC1. The van der Waals surface area contributed by atoms with Crippen LogP contribution in [0.25, 0.3) is 0 Å². The summed E-state index contributed by atoms with van der Waals surface area (Å²) in [6.45, 7) is 4.49. The minimum absolute atomic E-state index is 0.0303. The first-order valence-electron chi connectivity index (χ1n) is 10.3. The Bertz CT molecular complexity index is 765. The van der Waals surface area contributed by atoms with E-state index in [1.165, 1.54) is 0 Å². The molecule has 1 aromatic carbocycles. The number of carbonyl (C=O) groups is 3. The first-order chi connectivity index (χ1) is 13.5. The predicted octanol–water partition coefficient (Wildman–Crippen LogP) is 1.46. The van der Waals surface area contributed by atoms with Crippen LogP contribution in [0.5, 0.6) is 0 Å². The summed E-state index contributed by atoms with van der Waals surface area (Å²) in [5, 5.41) is 5.94. The van der Waals surface area contributed by atoms with Gasteiger partial charge in [-0.3, -0.25) is 19.3 Å². The van der Waals surface area contributed by atoms with Crippen molar-refractivity contribution in [3.8, 4) is 0 Å². The summed E-state index contributed by atoms with van der Waals surface area (Å²) >= 11 is 0. The Kier molecular flexibility index (Phi) is 5.35. The monoisotopic (exact) mass is 384 g/mol. The molecule has 0 radical (unpaired) electrons. The van der Waals surface area contributed by atoms with Crippen LogP contribution in [0.15, 0.2) is 24.3 Å². The fourth-order valence-corrected chi connectivity index (χ4v) is 3.53. The molecule has 1 saturated heterocycles. The molecule has 4 rings (SSSR count). The maximum absolute atomic E-state index is 12.9. The number of amides is 3. The lowest BCUT2D eigenvalue weighted by Gasteiger charge is -2.37. The molecule has 7 heteroatoms. The Morgan fingerprint density at radius 3 is 2.39 bits per heavy atom. The maximum Gasteiger partial charge on any atom is 0.254 e. The van der Waals surface area contributed by atoms with Gasteiger partial charge in [0, 0.05) is 49.4 Å². The van der Waals surface area contributed by atoms with E-state index in [4.69, 9.17) is 0 Å². The average Bonchev–Trinajstić information content (AvgIpc) is 3.61. The van der Waals surface area contributed by atoms with Crippen molar-refractivity contribution in [2.45, 2.75) is 44.7 Å². The van der Waals surface area contributed by atoms with Crippen molar-refractivity contribution in [1.29, 1.82) is 0 Å². The summed E-state index contributed by atoms with van der Waals surface area (Å²) < 4.78 is 0. The van der Waals surface area contributed by atoms with E-state index in [0.717, 1.165) is 25.7 Å². The number of hydrogen-bond acceptors (Lipinski definition) is 4. The van der Waals surface area contributed by atoms with E-state index in [-0.39, 0.29) is 29.7 Å². The highest BCUT2D eigenvalue weighted by Gasteiger charge is 2.32. The number of rotatable bonds is 6. The molecule has 3 fully saturated rings. The van der Waals surface area contributed by atoms with Gasteiger partial charge in [-0.25, -0.2) is 0 Å². The quantitative estimate of drug-likeness (QED) is 0.778. The lowest BCUT2D eigenvalue weighted by molar-refractivity contribution is -0.126. The second kappa shape index (κ2) is 7.91. The smallest absolute Gasteiger partial charge is 0.254 e. The highest BCUT2D eigenvalue weighted by Crippen LogP contribution is 2.30. The zero-order valence-electron chi connectivity index (χ0n) is 16.3. The molecule has 1 aliphatic heterocycles. The summed E-state index contributed by atoms with van der Waals surface area (Å²) in [6.07, 6.45) is 4.07. The van der Waals surface area contributed by atoms with Crippen LogP contribution in [0.2, 0.25) is 0 Å². The van der Waals surface area contributed by atoms with Crippen LogP contribution in [0.4, 0.5) is 5.69 Å². The van der Waals surface area contributed by atoms with Crippen molar-refractivity contribution >= 4 is 23.4 Å². The van der Waals surface area contributed by atoms with Gasteiger partial charge in [0.2, 0.25) is 11.8 Å². The summed E-state index contributed by atoms with van der Waals surface area (Å²) in [4.78, 5) is 41.0. The molecule has 150 valence electrons. The van der Waals surface area contributed by atoms with Gasteiger partial charge >= 0.3 is 0 Å². The maximum atomic E-state index is 12.9. The van der Waals surface area contributed by atoms with Crippen molar-refractivity contribution in [3.05, 3.63) is 29.8 Å². The van der Waals surface area contributed by atoms with E-state index in [9.17, 15) is 14.4 Å². The van der Waals surface area contributed by atoms with E-state index in [1.807, 2.05) is 17.9 Å². The highest BCUT2D eigenvalue weighted by atomic mass is 16.2. The van der Waals surface area contributed by atoms with E-state index in [0.29, 0.717) is 43.5 Å². The third-order valence-corrected chi connectivity index (χ3v) is 5.78. The molecule has 2 saturated carbocycles. The van der Waals surface area contributed by atoms with Crippen molar-refractivity contribution in [3.63, 3.8) is 0 Å². The average molecular weight is 384 g/mol. The van der Waals surface area contributed by atoms with Crippen molar-refractivity contribution < 1.29 is 14.4 Å². The molecule has 1 heterocycles. The zero-order chi connectivity index (χ0) is 19.7. The minimum atomic E-state index is -0.168. The lowest BCUT2D eigenvalue weighted by Crippen LogP contribution is -2.55. The standard InChI is InChI=1S/C21H28N4O3/c1-14(19(26)22-17-7-8-17)24-9-11-25(12-10-24)21(28)16-3-2-4-18(13-16)23-20(27)15-5-6-15/h2-4,13-15,17H,5-12H2,1H3,(H,22,26)(H,23,27). The molecule has 0 bridgehead atoms. The Hall–Kier alpha value is -2.41. The molecule has 7 nitrogen and oxygen atoms in total. The topological polar surface area (TPSA) is 81.8 Å². The molecule has 0 aromatic heterocycles. The number of benzene rings is 1. The Balaban J connectivity index is 1.30.